The molecule has 0 N–H and O–H groups in total. The fraction of sp³-hybridized carbons (Fsp3) is 0.364. The minimum absolute atomic E-state index is 0.0884. The van der Waals surface area contributed by atoms with Gasteiger partial charge in [0.15, 0.2) is 0 Å². The second kappa shape index (κ2) is 4.68. The number of hydrogen-bond acceptors (Lipinski definition) is 3. The lowest BCUT2D eigenvalue weighted by Gasteiger charge is -2.14. The Hall–Kier alpha value is -1.71. The van der Waals surface area contributed by atoms with E-state index in [9.17, 15) is 4.79 Å². The molecule has 0 saturated carbocycles. The summed E-state index contributed by atoms with van der Waals surface area (Å²) in [5.41, 5.74) is 0.531. The minimum atomic E-state index is -0.0884. The fourth-order valence-electron chi connectivity index (χ4n) is 1.22. The molecule has 0 aliphatic rings. The smallest absolute Gasteiger partial charge is 0.257 e. The van der Waals surface area contributed by atoms with E-state index in [1.165, 1.54) is 12.0 Å². The molecule has 0 heterocycles. The lowest BCUT2D eigenvalue weighted by molar-refractivity contribution is 0.0824. The van der Waals surface area contributed by atoms with E-state index in [1.807, 2.05) is 0 Å². The summed E-state index contributed by atoms with van der Waals surface area (Å²) in [6, 6.07) is 5.12. The van der Waals surface area contributed by atoms with Gasteiger partial charge in [-0.2, -0.15) is 0 Å². The van der Waals surface area contributed by atoms with Crippen LogP contribution in [0.2, 0.25) is 0 Å². The molecule has 1 amide bonds. The van der Waals surface area contributed by atoms with E-state index in [2.05, 4.69) is 0 Å². The van der Waals surface area contributed by atoms with E-state index in [-0.39, 0.29) is 5.91 Å². The van der Waals surface area contributed by atoms with Crippen molar-refractivity contribution >= 4 is 5.91 Å². The van der Waals surface area contributed by atoms with Gasteiger partial charge in [0.2, 0.25) is 0 Å². The maximum absolute atomic E-state index is 11.7. The normalized spacial score (nSPS) is 9.60. The quantitative estimate of drug-likeness (QED) is 0.755. The van der Waals surface area contributed by atoms with Crippen molar-refractivity contribution in [1.29, 1.82) is 0 Å². The Morgan fingerprint density at radius 1 is 1.20 bits per heavy atom. The molecule has 0 radical (unpaired) electrons. The van der Waals surface area contributed by atoms with Crippen molar-refractivity contribution in [3.63, 3.8) is 0 Å². The van der Waals surface area contributed by atoms with Gasteiger partial charge in [-0.05, 0) is 12.1 Å². The number of ether oxygens (including phenoxy) is 2. The molecule has 1 aromatic rings. The first-order chi connectivity index (χ1) is 7.10. The van der Waals surface area contributed by atoms with E-state index in [4.69, 9.17) is 9.47 Å². The number of carbonyl (C=O) groups excluding carboxylic acids is 1. The first kappa shape index (κ1) is 11.4. The molecule has 0 atom stereocenters. The Morgan fingerprint density at radius 3 is 2.33 bits per heavy atom. The van der Waals surface area contributed by atoms with E-state index in [0.29, 0.717) is 17.1 Å². The van der Waals surface area contributed by atoms with Crippen molar-refractivity contribution in [1.82, 2.24) is 4.90 Å². The van der Waals surface area contributed by atoms with Gasteiger partial charge < -0.3 is 14.4 Å². The summed E-state index contributed by atoms with van der Waals surface area (Å²) < 4.78 is 10.2. The number of carbonyl (C=O) groups is 1. The zero-order valence-corrected chi connectivity index (χ0v) is 9.40. The summed E-state index contributed by atoms with van der Waals surface area (Å²) in [7, 11) is 6.50. The molecule has 1 rings (SSSR count). The largest absolute Gasteiger partial charge is 0.497 e. The van der Waals surface area contributed by atoms with Crippen molar-refractivity contribution in [2.24, 2.45) is 0 Å². The van der Waals surface area contributed by atoms with E-state index in [0.717, 1.165) is 0 Å². The van der Waals surface area contributed by atoms with Gasteiger partial charge in [0.05, 0.1) is 19.8 Å². The maximum atomic E-state index is 11.7. The molecule has 1 aromatic carbocycles. The number of hydrogen-bond donors (Lipinski definition) is 0. The third-order valence-corrected chi connectivity index (χ3v) is 2.05. The number of benzene rings is 1. The maximum Gasteiger partial charge on any atom is 0.257 e. The topological polar surface area (TPSA) is 38.8 Å². The Bertz CT molecular complexity index is 361. The third-order valence-electron chi connectivity index (χ3n) is 2.05. The van der Waals surface area contributed by atoms with Crippen LogP contribution in [-0.4, -0.2) is 39.1 Å². The van der Waals surface area contributed by atoms with Crippen LogP contribution in [0.3, 0.4) is 0 Å². The molecule has 0 aromatic heterocycles. The predicted octanol–water partition coefficient (Wildman–Crippen LogP) is 1.41. The van der Waals surface area contributed by atoms with E-state index in [1.54, 1.807) is 39.4 Å². The zero-order valence-electron chi connectivity index (χ0n) is 9.40. The van der Waals surface area contributed by atoms with Gasteiger partial charge in [-0.3, -0.25) is 4.79 Å². The van der Waals surface area contributed by atoms with Crippen molar-refractivity contribution in [2.75, 3.05) is 28.3 Å². The van der Waals surface area contributed by atoms with Crippen LogP contribution >= 0.6 is 0 Å². The Balaban J connectivity index is 3.13. The summed E-state index contributed by atoms with van der Waals surface area (Å²) in [6.45, 7) is 0. The molecule has 4 heteroatoms. The van der Waals surface area contributed by atoms with Crippen LogP contribution in [0.1, 0.15) is 10.4 Å². The Labute approximate surface area is 89.4 Å². The number of amides is 1. The summed E-state index contributed by atoms with van der Waals surface area (Å²) >= 11 is 0. The molecule has 0 unspecified atom stereocenters. The average Bonchev–Trinajstić information content (AvgIpc) is 2.27. The molecule has 0 bridgehead atoms. The van der Waals surface area contributed by atoms with Gasteiger partial charge in [0.25, 0.3) is 5.91 Å². The van der Waals surface area contributed by atoms with Gasteiger partial charge in [-0.1, -0.05) is 0 Å². The average molecular weight is 209 g/mol. The molecule has 0 spiro atoms. The lowest BCUT2D eigenvalue weighted by Crippen LogP contribution is -2.22. The minimum Gasteiger partial charge on any atom is -0.497 e. The monoisotopic (exact) mass is 209 g/mol. The predicted molar refractivity (Wildman–Crippen MR) is 57.6 cm³/mol. The number of rotatable bonds is 3. The van der Waals surface area contributed by atoms with Crippen molar-refractivity contribution < 1.29 is 14.3 Å². The van der Waals surface area contributed by atoms with Gasteiger partial charge >= 0.3 is 0 Å². The van der Waals surface area contributed by atoms with Gasteiger partial charge in [-0.15, -0.1) is 0 Å². The highest BCUT2D eigenvalue weighted by atomic mass is 16.5. The molecule has 15 heavy (non-hydrogen) atoms. The summed E-state index contributed by atoms with van der Waals surface area (Å²) in [6.07, 6.45) is 0. The van der Waals surface area contributed by atoms with Crippen LogP contribution in [0.4, 0.5) is 0 Å². The highest BCUT2D eigenvalue weighted by Crippen LogP contribution is 2.25. The van der Waals surface area contributed by atoms with Crippen molar-refractivity contribution in [3.05, 3.63) is 23.8 Å². The standard InChI is InChI=1S/C11H15NO3/c1-12(2)11(13)9-6-5-8(14-3)7-10(9)15-4/h5-7H,1-4H3. The lowest BCUT2D eigenvalue weighted by atomic mass is 10.1. The van der Waals surface area contributed by atoms with Gasteiger partial charge in [0, 0.05) is 20.2 Å². The third kappa shape index (κ3) is 2.40. The van der Waals surface area contributed by atoms with Crippen LogP contribution in [0.15, 0.2) is 18.2 Å². The van der Waals surface area contributed by atoms with Crippen LogP contribution < -0.4 is 9.47 Å². The van der Waals surface area contributed by atoms with Crippen LogP contribution in [-0.2, 0) is 0 Å². The molecular formula is C11H15NO3. The SMILES string of the molecule is COc1ccc(C(=O)N(C)C)c(OC)c1. The van der Waals surface area contributed by atoms with Gasteiger partial charge in [-0.25, -0.2) is 0 Å². The molecule has 82 valence electrons. The van der Waals surface area contributed by atoms with Crippen molar-refractivity contribution in [3.8, 4) is 11.5 Å². The molecular weight excluding hydrogens is 194 g/mol. The van der Waals surface area contributed by atoms with Crippen molar-refractivity contribution in [2.45, 2.75) is 0 Å². The summed E-state index contributed by atoms with van der Waals surface area (Å²) in [5, 5.41) is 0. The highest BCUT2D eigenvalue weighted by molar-refractivity contribution is 5.96. The molecule has 0 aliphatic heterocycles. The summed E-state index contributed by atoms with van der Waals surface area (Å²) in [5.74, 6) is 1.10. The first-order valence-corrected chi connectivity index (χ1v) is 4.53. The first-order valence-electron chi connectivity index (χ1n) is 4.53. The molecule has 0 fully saturated rings. The molecule has 0 saturated heterocycles. The van der Waals surface area contributed by atoms with E-state index >= 15 is 0 Å². The summed E-state index contributed by atoms with van der Waals surface area (Å²) in [4.78, 5) is 13.2. The fourth-order valence-corrected chi connectivity index (χ4v) is 1.22. The molecule has 0 aliphatic carbocycles. The van der Waals surface area contributed by atoms with Crippen LogP contribution in [0, 0.1) is 0 Å². The second-order valence-electron chi connectivity index (χ2n) is 3.27. The Kier molecular flexibility index (Phi) is 3.55. The zero-order chi connectivity index (χ0) is 11.4. The molecule has 4 nitrogen and oxygen atoms in total. The number of methoxy groups -OCH3 is 2. The second-order valence-corrected chi connectivity index (χ2v) is 3.27. The van der Waals surface area contributed by atoms with Crippen LogP contribution in [0.25, 0.3) is 0 Å². The van der Waals surface area contributed by atoms with Gasteiger partial charge in [0.1, 0.15) is 11.5 Å². The van der Waals surface area contributed by atoms with Crippen LogP contribution in [0.5, 0.6) is 11.5 Å². The highest BCUT2D eigenvalue weighted by Gasteiger charge is 2.14. The van der Waals surface area contributed by atoms with E-state index < -0.39 is 0 Å². The number of nitrogens with zero attached hydrogens (tertiary/aromatic N) is 1. The Morgan fingerprint density at radius 2 is 1.87 bits per heavy atom.